The van der Waals surface area contributed by atoms with Gasteiger partial charge < -0.3 is 48.5 Å². The number of carboxylic acid groups (broad SMARTS) is 2. The number of carboxylic acids is 2. The van der Waals surface area contributed by atoms with Gasteiger partial charge in [-0.05, 0) is 26.2 Å². The summed E-state index contributed by atoms with van der Waals surface area (Å²) in [6.07, 6.45) is -3.62. The van der Waals surface area contributed by atoms with Crippen LogP contribution in [-0.2, 0) is 33.6 Å². The van der Waals surface area contributed by atoms with Gasteiger partial charge in [0, 0.05) is 19.3 Å². The van der Waals surface area contributed by atoms with Crippen LogP contribution < -0.4 is 33.2 Å². The van der Waals surface area contributed by atoms with Crippen LogP contribution in [0.25, 0.3) is 0 Å². The van der Waals surface area contributed by atoms with Gasteiger partial charge in [-0.1, -0.05) is 0 Å². The first-order chi connectivity index (χ1) is 16.1. The lowest BCUT2D eigenvalue weighted by molar-refractivity contribution is -0.143. The van der Waals surface area contributed by atoms with Gasteiger partial charge in [0.05, 0.1) is 12.1 Å². The summed E-state index contributed by atoms with van der Waals surface area (Å²) in [6.45, 7) is 1.15. The highest BCUT2D eigenvalue weighted by Gasteiger charge is 2.32. The molecule has 0 bridgehead atoms. The summed E-state index contributed by atoms with van der Waals surface area (Å²) in [5, 5.41) is 34.5. The first-order valence-electron chi connectivity index (χ1n) is 10.5. The SMILES string of the molecule is CC(O)C(NC(=O)C(N)CCC(N)=O)C(=O)NC(CCC(=O)O)C(=O)NC(CCC(N)=O)C(=O)O. The molecule has 0 aliphatic heterocycles. The van der Waals surface area contributed by atoms with E-state index in [-0.39, 0.29) is 25.7 Å². The minimum atomic E-state index is -1.63. The maximum atomic E-state index is 12.7. The van der Waals surface area contributed by atoms with E-state index in [2.05, 4.69) is 16.0 Å². The van der Waals surface area contributed by atoms with Gasteiger partial charge in [-0.15, -0.1) is 0 Å². The second kappa shape index (κ2) is 15.2. The first-order valence-corrected chi connectivity index (χ1v) is 10.5. The summed E-state index contributed by atoms with van der Waals surface area (Å²) in [5.74, 6) is -7.42. The number of aliphatic carboxylic acids is 2. The van der Waals surface area contributed by atoms with Crippen molar-refractivity contribution in [3.05, 3.63) is 0 Å². The van der Waals surface area contributed by atoms with Crippen molar-refractivity contribution < 1.29 is 48.9 Å². The Labute approximate surface area is 199 Å². The number of hydrogen-bond acceptors (Lipinski definition) is 9. The summed E-state index contributed by atoms with van der Waals surface area (Å²) in [7, 11) is 0. The van der Waals surface area contributed by atoms with Crippen LogP contribution in [0.1, 0.15) is 45.4 Å². The molecule has 16 nitrogen and oxygen atoms in total. The first kappa shape index (κ1) is 31.2. The van der Waals surface area contributed by atoms with E-state index in [4.69, 9.17) is 22.3 Å². The molecule has 5 atom stereocenters. The molecule has 16 heteroatoms. The number of carbonyl (C=O) groups is 7. The standard InChI is InChI=1S/C19H32N6O10/c1-8(26)15(25-16(31)9(20)2-5-12(21)27)18(33)23-10(4-7-14(29)30)17(32)24-11(19(34)35)3-6-13(22)28/h8-11,15,26H,2-7,20H2,1H3,(H2,21,27)(H2,22,28)(H,23,33)(H,24,32)(H,25,31)(H,29,30)(H,34,35). The lowest BCUT2D eigenvalue weighted by atomic mass is 10.1. The normalized spacial score (nSPS) is 14.9. The summed E-state index contributed by atoms with van der Waals surface area (Å²) in [5.41, 5.74) is 15.6. The van der Waals surface area contributed by atoms with Crippen LogP contribution in [0.5, 0.6) is 0 Å². The summed E-state index contributed by atoms with van der Waals surface area (Å²) in [4.78, 5) is 81.6. The van der Waals surface area contributed by atoms with E-state index in [9.17, 15) is 43.8 Å². The van der Waals surface area contributed by atoms with Crippen molar-refractivity contribution in [2.75, 3.05) is 0 Å². The fourth-order valence-corrected chi connectivity index (χ4v) is 2.71. The van der Waals surface area contributed by atoms with Crippen LogP contribution in [0.15, 0.2) is 0 Å². The molecule has 5 unspecified atom stereocenters. The van der Waals surface area contributed by atoms with Gasteiger partial charge in [0.1, 0.15) is 18.1 Å². The lowest BCUT2D eigenvalue weighted by Crippen LogP contribution is -2.59. The number of nitrogens with one attached hydrogen (secondary N) is 3. The molecule has 0 aliphatic rings. The predicted molar refractivity (Wildman–Crippen MR) is 117 cm³/mol. The largest absolute Gasteiger partial charge is 0.481 e. The molecule has 0 heterocycles. The Balaban J connectivity index is 5.49. The van der Waals surface area contributed by atoms with Crippen molar-refractivity contribution >= 4 is 41.5 Å². The van der Waals surface area contributed by atoms with E-state index in [1.165, 1.54) is 0 Å². The van der Waals surface area contributed by atoms with E-state index in [0.717, 1.165) is 6.92 Å². The molecule has 0 aliphatic carbocycles. The van der Waals surface area contributed by atoms with Gasteiger partial charge in [-0.25, -0.2) is 4.79 Å². The molecule has 5 amide bonds. The Morgan fingerprint density at radius 2 is 1.20 bits per heavy atom. The number of rotatable bonds is 17. The fourth-order valence-electron chi connectivity index (χ4n) is 2.71. The van der Waals surface area contributed by atoms with Crippen LogP contribution in [0.2, 0.25) is 0 Å². The molecule has 0 radical (unpaired) electrons. The molecule has 0 aromatic heterocycles. The summed E-state index contributed by atoms with van der Waals surface area (Å²) in [6, 6.07) is -6.01. The van der Waals surface area contributed by atoms with Crippen LogP contribution in [-0.4, -0.2) is 87.1 Å². The second-order valence-corrected chi connectivity index (χ2v) is 7.74. The van der Waals surface area contributed by atoms with E-state index in [1.54, 1.807) is 0 Å². The average molecular weight is 504 g/mol. The van der Waals surface area contributed by atoms with Crippen LogP contribution in [0.3, 0.4) is 0 Å². The fraction of sp³-hybridized carbons (Fsp3) is 0.632. The number of aliphatic hydroxyl groups is 1. The minimum absolute atomic E-state index is 0.138. The zero-order valence-electron chi connectivity index (χ0n) is 19.1. The molecular formula is C19H32N6O10. The quantitative estimate of drug-likeness (QED) is 0.0911. The third-order valence-electron chi connectivity index (χ3n) is 4.68. The van der Waals surface area contributed by atoms with E-state index in [0.29, 0.717) is 0 Å². The molecule has 0 spiro atoms. The lowest BCUT2D eigenvalue weighted by Gasteiger charge is -2.26. The molecule has 35 heavy (non-hydrogen) atoms. The summed E-state index contributed by atoms with van der Waals surface area (Å²) < 4.78 is 0. The van der Waals surface area contributed by atoms with Gasteiger partial charge in [0.25, 0.3) is 0 Å². The van der Waals surface area contributed by atoms with Crippen molar-refractivity contribution in [3.8, 4) is 0 Å². The molecule has 0 aromatic carbocycles. The number of amides is 5. The van der Waals surface area contributed by atoms with Crippen LogP contribution in [0, 0.1) is 0 Å². The van der Waals surface area contributed by atoms with Gasteiger partial charge in [-0.3, -0.25) is 28.8 Å². The highest BCUT2D eigenvalue weighted by atomic mass is 16.4. The predicted octanol–water partition coefficient (Wildman–Crippen LogP) is -4.37. The third kappa shape index (κ3) is 12.9. The van der Waals surface area contributed by atoms with Gasteiger partial charge in [-0.2, -0.15) is 0 Å². The number of primary amides is 2. The molecule has 198 valence electrons. The Morgan fingerprint density at radius 1 is 0.714 bits per heavy atom. The van der Waals surface area contributed by atoms with Gasteiger partial charge in [0.15, 0.2) is 0 Å². The van der Waals surface area contributed by atoms with Crippen molar-refractivity contribution in [1.82, 2.24) is 16.0 Å². The van der Waals surface area contributed by atoms with E-state index >= 15 is 0 Å². The molecule has 0 fully saturated rings. The highest BCUT2D eigenvalue weighted by Crippen LogP contribution is 2.05. The summed E-state index contributed by atoms with van der Waals surface area (Å²) >= 11 is 0. The minimum Gasteiger partial charge on any atom is -0.481 e. The van der Waals surface area contributed by atoms with Crippen molar-refractivity contribution in [2.24, 2.45) is 17.2 Å². The molecule has 0 saturated heterocycles. The van der Waals surface area contributed by atoms with Crippen LogP contribution in [0.4, 0.5) is 0 Å². The topological polar surface area (TPSA) is 294 Å². The molecule has 12 N–H and O–H groups in total. The monoisotopic (exact) mass is 504 g/mol. The third-order valence-corrected chi connectivity index (χ3v) is 4.68. The van der Waals surface area contributed by atoms with Crippen LogP contribution >= 0.6 is 0 Å². The number of aliphatic hydroxyl groups excluding tert-OH is 1. The van der Waals surface area contributed by atoms with Gasteiger partial charge >= 0.3 is 11.9 Å². The molecule has 0 saturated carbocycles. The molecule has 0 aromatic rings. The molecule has 0 rings (SSSR count). The Kier molecular flexibility index (Phi) is 13.5. The van der Waals surface area contributed by atoms with Crippen molar-refractivity contribution in [1.29, 1.82) is 0 Å². The number of hydrogen-bond donors (Lipinski definition) is 9. The van der Waals surface area contributed by atoms with Crippen molar-refractivity contribution in [2.45, 2.75) is 75.7 Å². The second-order valence-electron chi connectivity index (χ2n) is 7.74. The highest BCUT2D eigenvalue weighted by molar-refractivity contribution is 5.94. The maximum absolute atomic E-state index is 12.7. The average Bonchev–Trinajstić information content (AvgIpc) is 2.74. The zero-order valence-corrected chi connectivity index (χ0v) is 19.1. The van der Waals surface area contributed by atoms with E-state index < -0.39 is 84.6 Å². The number of nitrogens with two attached hydrogens (primary N) is 3. The Morgan fingerprint density at radius 3 is 1.66 bits per heavy atom. The van der Waals surface area contributed by atoms with E-state index in [1.807, 2.05) is 0 Å². The zero-order chi connectivity index (χ0) is 27.3. The molecular weight excluding hydrogens is 472 g/mol. The van der Waals surface area contributed by atoms with Crippen molar-refractivity contribution in [3.63, 3.8) is 0 Å². The maximum Gasteiger partial charge on any atom is 0.326 e. The van der Waals surface area contributed by atoms with Gasteiger partial charge in [0.2, 0.25) is 29.5 Å². The smallest absolute Gasteiger partial charge is 0.326 e. The number of carbonyl (C=O) groups excluding carboxylic acids is 5. The Hall–Kier alpha value is -3.79. The Bertz CT molecular complexity index is 818.